The summed E-state index contributed by atoms with van der Waals surface area (Å²) in [6.07, 6.45) is -0.405. The first-order valence-corrected chi connectivity index (χ1v) is 8.13. The van der Waals surface area contributed by atoms with Crippen LogP contribution in [0.1, 0.15) is 31.0 Å². The molecule has 1 aromatic carbocycles. The summed E-state index contributed by atoms with van der Waals surface area (Å²) in [5.41, 5.74) is 0.689. The smallest absolute Gasteiger partial charge is 0.282 e. The number of carbonyl (C=O) groups is 1. The zero-order valence-corrected chi connectivity index (χ0v) is 14.3. The minimum Gasteiger partial charge on any atom is -0.337 e. The van der Waals surface area contributed by atoms with Crippen LogP contribution >= 0.6 is 15.9 Å². The number of nitrogens with zero attached hydrogens (tertiary/aromatic N) is 3. The van der Waals surface area contributed by atoms with Gasteiger partial charge in [0.05, 0.1) is 0 Å². The van der Waals surface area contributed by atoms with E-state index >= 15 is 0 Å². The number of rotatable bonds is 7. The molecule has 0 atom stereocenters. The molecule has 0 bridgehead atoms. The molecule has 0 spiro atoms. The Labute approximate surface area is 142 Å². The molecule has 124 valence electrons. The highest BCUT2D eigenvalue weighted by Crippen LogP contribution is 2.19. The zero-order valence-electron chi connectivity index (χ0n) is 12.8. The van der Waals surface area contributed by atoms with Crippen LogP contribution < -0.4 is 0 Å². The number of carbonyl (C=O) groups excluding carboxylic acids is 1. The number of benzene rings is 1. The van der Waals surface area contributed by atoms with Gasteiger partial charge in [0.1, 0.15) is 12.2 Å². The summed E-state index contributed by atoms with van der Waals surface area (Å²) < 4.78 is 27.3. The number of halogens is 3. The molecular formula is C16H18BrF2N3O. The van der Waals surface area contributed by atoms with Gasteiger partial charge in [0.2, 0.25) is 5.91 Å². The van der Waals surface area contributed by atoms with Crippen LogP contribution in [0.4, 0.5) is 8.78 Å². The lowest BCUT2D eigenvalue weighted by Crippen LogP contribution is -2.34. The van der Waals surface area contributed by atoms with E-state index in [0.717, 1.165) is 16.5 Å². The van der Waals surface area contributed by atoms with Crippen LogP contribution in [0.25, 0.3) is 0 Å². The van der Waals surface area contributed by atoms with Crippen LogP contribution in [-0.4, -0.2) is 27.1 Å². The number of amides is 1. The van der Waals surface area contributed by atoms with Crippen molar-refractivity contribution in [2.45, 2.75) is 32.9 Å². The molecule has 0 unspecified atom stereocenters. The Morgan fingerprint density at radius 1 is 1.35 bits per heavy atom. The standard InChI is InChI=1S/C16H18BrF2N3O/c1-2-8-21(10-12-5-3-4-6-13(12)17)15(23)11-22-9-7-14(20-22)16(18)19/h3-7,9,16H,2,8,10-11H2,1H3. The SMILES string of the molecule is CCCN(Cc1ccccc1Br)C(=O)Cn1ccc(C(F)F)n1. The van der Waals surface area contributed by atoms with Gasteiger partial charge in [-0.3, -0.25) is 9.48 Å². The summed E-state index contributed by atoms with van der Waals surface area (Å²) in [5, 5.41) is 3.73. The fourth-order valence-electron chi connectivity index (χ4n) is 2.21. The van der Waals surface area contributed by atoms with Gasteiger partial charge in [-0.1, -0.05) is 41.1 Å². The van der Waals surface area contributed by atoms with E-state index in [1.165, 1.54) is 16.9 Å². The van der Waals surface area contributed by atoms with Crippen LogP contribution in [-0.2, 0) is 17.9 Å². The minimum atomic E-state index is -2.63. The highest BCUT2D eigenvalue weighted by Gasteiger charge is 2.17. The second kappa shape index (κ2) is 8.19. The van der Waals surface area contributed by atoms with Gasteiger partial charge in [-0.2, -0.15) is 5.10 Å². The molecule has 23 heavy (non-hydrogen) atoms. The third kappa shape index (κ3) is 4.86. The topological polar surface area (TPSA) is 38.1 Å². The number of hydrogen-bond acceptors (Lipinski definition) is 2. The van der Waals surface area contributed by atoms with E-state index in [-0.39, 0.29) is 18.1 Å². The molecule has 0 aliphatic rings. The average Bonchev–Trinajstić information content (AvgIpc) is 2.97. The fraction of sp³-hybridized carbons (Fsp3) is 0.375. The predicted molar refractivity (Wildman–Crippen MR) is 87.0 cm³/mol. The maximum atomic E-state index is 12.6. The molecule has 0 aliphatic heterocycles. The summed E-state index contributed by atoms with van der Waals surface area (Å²) in [6.45, 7) is 3.01. The summed E-state index contributed by atoms with van der Waals surface area (Å²) in [7, 11) is 0. The molecule has 0 aliphatic carbocycles. The maximum Gasteiger partial charge on any atom is 0.282 e. The van der Waals surface area contributed by atoms with E-state index in [4.69, 9.17) is 0 Å². The first kappa shape index (κ1) is 17.6. The Kier molecular flexibility index (Phi) is 6.27. The summed E-state index contributed by atoms with van der Waals surface area (Å²) in [6, 6.07) is 8.93. The van der Waals surface area contributed by atoms with Crippen molar-refractivity contribution in [2.24, 2.45) is 0 Å². The lowest BCUT2D eigenvalue weighted by molar-refractivity contribution is -0.132. The number of aromatic nitrogens is 2. The molecule has 0 N–H and O–H groups in total. The van der Waals surface area contributed by atoms with Crippen molar-refractivity contribution in [1.82, 2.24) is 14.7 Å². The second-order valence-electron chi connectivity index (χ2n) is 5.15. The van der Waals surface area contributed by atoms with E-state index in [0.29, 0.717) is 13.1 Å². The van der Waals surface area contributed by atoms with E-state index in [1.807, 2.05) is 31.2 Å². The first-order valence-electron chi connectivity index (χ1n) is 7.34. The first-order chi connectivity index (χ1) is 11.0. The Balaban J connectivity index is 2.07. The van der Waals surface area contributed by atoms with E-state index < -0.39 is 6.43 Å². The molecule has 0 saturated carbocycles. The molecule has 0 radical (unpaired) electrons. The Hall–Kier alpha value is -1.76. The average molecular weight is 386 g/mol. The van der Waals surface area contributed by atoms with Gasteiger partial charge in [-0.05, 0) is 24.1 Å². The van der Waals surface area contributed by atoms with Gasteiger partial charge < -0.3 is 4.90 Å². The van der Waals surface area contributed by atoms with Crippen LogP contribution in [0.5, 0.6) is 0 Å². The van der Waals surface area contributed by atoms with Crippen molar-refractivity contribution < 1.29 is 13.6 Å². The molecule has 2 aromatic rings. The molecule has 4 nitrogen and oxygen atoms in total. The molecule has 1 amide bonds. The molecular weight excluding hydrogens is 368 g/mol. The van der Waals surface area contributed by atoms with Crippen molar-refractivity contribution in [3.63, 3.8) is 0 Å². The largest absolute Gasteiger partial charge is 0.337 e. The molecule has 0 saturated heterocycles. The van der Waals surface area contributed by atoms with Crippen molar-refractivity contribution in [3.05, 3.63) is 52.3 Å². The van der Waals surface area contributed by atoms with Gasteiger partial charge >= 0.3 is 0 Å². The molecule has 1 heterocycles. The van der Waals surface area contributed by atoms with Crippen molar-refractivity contribution in [2.75, 3.05) is 6.54 Å². The van der Waals surface area contributed by atoms with Crippen LogP contribution in [0.3, 0.4) is 0 Å². The van der Waals surface area contributed by atoms with E-state index in [1.54, 1.807) is 4.90 Å². The highest BCUT2D eigenvalue weighted by atomic mass is 79.9. The second-order valence-corrected chi connectivity index (χ2v) is 6.00. The Morgan fingerprint density at radius 2 is 2.09 bits per heavy atom. The predicted octanol–water partition coefficient (Wildman–Crippen LogP) is 4.02. The fourth-order valence-corrected chi connectivity index (χ4v) is 2.62. The van der Waals surface area contributed by atoms with Gasteiger partial charge in [0.25, 0.3) is 6.43 Å². The van der Waals surface area contributed by atoms with Crippen molar-refractivity contribution in [1.29, 1.82) is 0 Å². The number of alkyl halides is 2. The molecule has 1 aromatic heterocycles. The summed E-state index contributed by atoms with van der Waals surface area (Å²) in [4.78, 5) is 14.2. The van der Waals surface area contributed by atoms with E-state index in [2.05, 4.69) is 21.0 Å². The van der Waals surface area contributed by atoms with Crippen LogP contribution in [0.15, 0.2) is 41.0 Å². The van der Waals surface area contributed by atoms with Crippen LogP contribution in [0.2, 0.25) is 0 Å². The molecule has 2 rings (SSSR count). The quantitative estimate of drug-likeness (QED) is 0.721. The van der Waals surface area contributed by atoms with Crippen molar-refractivity contribution >= 4 is 21.8 Å². The minimum absolute atomic E-state index is 0.0445. The van der Waals surface area contributed by atoms with Gasteiger partial charge in [0, 0.05) is 23.8 Å². The van der Waals surface area contributed by atoms with E-state index in [9.17, 15) is 13.6 Å². The van der Waals surface area contributed by atoms with Crippen molar-refractivity contribution in [3.8, 4) is 0 Å². The van der Waals surface area contributed by atoms with Gasteiger partial charge in [-0.25, -0.2) is 8.78 Å². The van der Waals surface area contributed by atoms with Gasteiger partial charge in [-0.15, -0.1) is 0 Å². The normalized spacial score (nSPS) is 11.0. The summed E-state index contributed by atoms with van der Waals surface area (Å²) >= 11 is 3.47. The van der Waals surface area contributed by atoms with Crippen LogP contribution in [0, 0.1) is 0 Å². The highest BCUT2D eigenvalue weighted by molar-refractivity contribution is 9.10. The monoisotopic (exact) mass is 385 g/mol. The lowest BCUT2D eigenvalue weighted by Gasteiger charge is -2.23. The Bertz CT molecular complexity index is 660. The molecule has 0 fully saturated rings. The van der Waals surface area contributed by atoms with Gasteiger partial charge in [0.15, 0.2) is 0 Å². The summed E-state index contributed by atoms with van der Waals surface area (Å²) in [5.74, 6) is -0.147. The third-order valence-corrected chi connectivity index (χ3v) is 4.12. The molecule has 7 heteroatoms. The number of hydrogen-bond donors (Lipinski definition) is 0. The maximum absolute atomic E-state index is 12.6. The third-order valence-electron chi connectivity index (χ3n) is 3.35. The Morgan fingerprint density at radius 3 is 2.70 bits per heavy atom. The zero-order chi connectivity index (χ0) is 16.8. The lowest BCUT2D eigenvalue weighted by atomic mass is 10.2.